The molecular formula is C13H22ClN5. The SMILES string of the molecule is CCCn1cc(CNc2cnn(CCC)c2)cn1.Cl. The molecule has 0 spiro atoms. The summed E-state index contributed by atoms with van der Waals surface area (Å²) in [7, 11) is 0. The van der Waals surface area contributed by atoms with Crippen LogP contribution in [0.25, 0.3) is 0 Å². The lowest BCUT2D eigenvalue weighted by molar-refractivity contribution is 0.602. The molecule has 0 unspecified atom stereocenters. The van der Waals surface area contributed by atoms with E-state index in [1.54, 1.807) is 0 Å². The number of hydrogen-bond donors (Lipinski definition) is 1. The fraction of sp³-hybridized carbons (Fsp3) is 0.538. The van der Waals surface area contributed by atoms with E-state index in [9.17, 15) is 0 Å². The highest BCUT2D eigenvalue weighted by atomic mass is 35.5. The third-order valence-electron chi connectivity index (χ3n) is 2.72. The Bertz CT molecular complexity index is 433. The maximum absolute atomic E-state index is 4.31. The topological polar surface area (TPSA) is 47.7 Å². The zero-order valence-corrected chi connectivity index (χ0v) is 12.4. The summed E-state index contributed by atoms with van der Waals surface area (Å²) in [5, 5.41) is 12.0. The van der Waals surface area contributed by atoms with Gasteiger partial charge in [0.05, 0.1) is 18.1 Å². The monoisotopic (exact) mass is 283 g/mol. The molecular weight excluding hydrogens is 262 g/mol. The number of nitrogens with zero attached hydrogens (tertiary/aromatic N) is 4. The van der Waals surface area contributed by atoms with Crippen molar-refractivity contribution in [2.45, 2.75) is 46.3 Å². The minimum Gasteiger partial charge on any atom is -0.378 e. The van der Waals surface area contributed by atoms with Crippen LogP contribution >= 0.6 is 12.4 Å². The van der Waals surface area contributed by atoms with E-state index in [2.05, 4.69) is 35.6 Å². The van der Waals surface area contributed by atoms with Crippen LogP contribution in [0, 0.1) is 0 Å². The van der Waals surface area contributed by atoms with E-state index in [-0.39, 0.29) is 12.4 Å². The van der Waals surface area contributed by atoms with E-state index in [0.29, 0.717) is 0 Å². The Morgan fingerprint density at radius 3 is 2.32 bits per heavy atom. The lowest BCUT2D eigenvalue weighted by Crippen LogP contribution is -1.99. The average Bonchev–Trinajstić information content (AvgIpc) is 2.97. The lowest BCUT2D eigenvalue weighted by Gasteiger charge is -2.00. The molecule has 0 atom stereocenters. The zero-order chi connectivity index (χ0) is 12.8. The van der Waals surface area contributed by atoms with Gasteiger partial charge in [-0.05, 0) is 12.8 Å². The summed E-state index contributed by atoms with van der Waals surface area (Å²) in [6, 6.07) is 0. The summed E-state index contributed by atoms with van der Waals surface area (Å²) in [5.41, 5.74) is 2.26. The van der Waals surface area contributed by atoms with Gasteiger partial charge >= 0.3 is 0 Å². The first-order valence-corrected chi connectivity index (χ1v) is 6.59. The van der Waals surface area contributed by atoms with Gasteiger partial charge in [-0.15, -0.1) is 12.4 Å². The molecule has 2 rings (SSSR count). The molecule has 2 aromatic heterocycles. The number of hydrogen-bond acceptors (Lipinski definition) is 3. The molecule has 0 aliphatic rings. The molecule has 1 N–H and O–H groups in total. The van der Waals surface area contributed by atoms with Gasteiger partial charge in [0.25, 0.3) is 0 Å². The molecule has 0 fully saturated rings. The Hall–Kier alpha value is -1.49. The van der Waals surface area contributed by atoms with Crippen molar-refractivity contribution in [1.29, 1.82) is 0 Å². The maximum atomic E-state index is 4.31. The van der Waals surface area contributed by atoms with Crippen molar-refractivity contribution in [1.82, 2.24) is 19.6 Å². The molecule has 0 aliphatic carbocycles. The largest absolute Gasteiger partial charge is 0.378 e. The average molecular weight is 284 g/mol. The van der Waals surface area contributed by atoms with Crippen LogP contribution in [-0.2, 0) is 19.6 Å². The minimum atomic E-state index is 0. The second kappa shape index (κ2) is 7.84. The smallest absolute Gasteiger partial charge is 0.0729 e. The summed E-state index contributed by atoms with van der Waals surface area (Å²) in [6.45, 7) is 7.05. The first kappa shape index (κ1) is 15.6. The molecule has 0 amide bonds. The normalized spacial score (nSPS) is 10.2. The second-order valence-corrected chi connectivity index (χ2v) is 4.46. The van der Waals surface area contributed by atoms with Gasteiger partial charge < -0.3 is 5.32 Å². The van der Waals surface area contributed by atoms with Gasteiger partial charge in [0.2, 0.25) is 0 Å². The van der Waals surface area contributed by atoms with E-state index in [0.717, 1.165) is 38.2 Å². The Morgan fingerprint density at radius 1 is 1.00 bits per heavy atom. The Balaban J connectivity index is 0.00000180. The van der Waals surface area contributed by atoms with Crippen LogP contribution in [0.5, 0.6) is 0 Å². The molecule has 6 heteroatoms. The van der Waals surface area contributed by atoms with Crippen LogP contribution in [-0.4, -0.2) is 19.6 Å². The Morgan fingerprint density at radius 2 is 1.63 bits per heavy atom. The van der Waals surface area contributed by atoms with Crippen molar-refractivity contribution < 1.29 is 0 Å². The standard InChI is InChI=1S/C13H21N5.ClH/c1-3-5-17-10-12(8-15-17)7-14-13-9-16-18(11-13)6-4-2;/h8-11,14H,3-7H2,1-2H3;1H. The third kappa shape index (κ3) is 4.59. The molecule has 0 radical (unpaired) electrons. The number of anilines is 1. The molecule has 0 aromatic carbocycles. The van der Waals surface area contributed by atoms with Crippen LogP contribution < -0.4 is 5.32 Å². The summed E-state index contributed by atoms with van der Waals surface area (Å²) >= 11 is 0. The van der Waals surface area contributed by atoms with Crippen molar-refractivity contribution in [3.05, 3.63) is 30.4 Å². The molecule has 0 saturated carbocycles. The predicted molar refractivity (Wildman–Crippen MR) is 79.6 cm³/mol. The van der Waals surface area contributed by atoms with Crippen LogP contribution in [0.2, 0.25) is 0 Å². The summed E-state index contributed by atoms with van der Waals surface area (Å²) in [4.78, 5) is 0. The fourth-order valence-corrected chi connectivity index (χ4v) is 1.86. The van der Waals surface area contributed by atoms with Gasteiger partial charge in [0.15, 0.2) is 0 Å². The van der Waals surface area contributed by atoms with E-state index >= 15 is 0 Å². The highest BCUT2D eigenvalue weighted by Gasteiger charge is 2.00. The van der Waals surface area contributed by atoms with Crippen molar-refractivity contribution >= 4 is 18.1 Å². The van der Waals surface area contributed by atoms with Gasteiger partial charge in [0.1, 0.15) is 0 Å². The molecule has 0 bridgehead atoms. The van der Waals surface area contributed by atoms with Gasteiger partial charge in [-0.3, -0.25) is 9.36 Å². The third-order valence-corrected chi connectivity index (χ3v) is 2.72. The summed E-state index contributed by atoms with van der Waals surface area (Å²) in [5.74, 6) is 0. The van der Waals surface area contributed by atoms with Crippen LogP contribution in [0.1, 0.15) is 32.3 Å². The van der Waals surface area contributed by atoms with Crippen molar-refractivity contribution in [3.8, 4) is 0 Å². The Kier molecular flexibility index (Phi) is 6.42. The van der Waals surface area contributed by atoms with Gasteiger partial charge in [0, 0.05) is 37.6 Å². The fourth-order valence-electron chi connectivity index (χ4n) is 1.86. The minimum absolute atomic E-state index is 0. The maximum Gasteiger partial charge on any atom is 0.0729 e. The first-order valence-electron chi connectivity index (χ1n) is 6.59. The van der Waals surface area contributed by atoms with Crippen LogP contribution in [0.15, 0.2) is 24.8 Å². The highest BCUT2D eigenvalue weighted by molar-refractivity contribution is 5.85. The quantitative estimate of drug-likeness (QED) is 0.850. The molecule has 106 valence electrons. The van der Waals surface area contributed by atoms with Crippen LogP contribution in [0.4, 0.5) is 5.69 Å². The van der Waals surface area contributed by atoms with Gasteiger partial charge in [-0.25, -0.2) is 0 Å². The Labute approximate surface area is 120 Å². The van der Waals surface area contributed by atoms with Crippen molar-refractivity contribution in [3.63, 3.8) is 0 Å². The van der Waals surface area contributed by atoms with Gasteiger partial charge in [-0.1, -0.05) is 13.8 Å². The van der Waals surface area contributed by atoms with Crippen molar-refractivity contribution in [2.24, 2.45) is 0 Å². The number of halogens is 1. The molecule has 2 heterocycles. The van der Waals surface area contributed by atoms with E-state index in [1.165, 1.54) is 5.56 Å². The second-order valence-electron chi connectivity index (χ2n) is 4.46. The number of aromatic nitrogens is 4. The van der Waals surface area contributed by atoms with Crippen molar-refractivity contribution in [2.75, 3.05) is 5.32 Å². The summed E-state index contributed by atoms with van der Waals surface area (Å²) in [6.07, 6.45) is 10.1. The van der Waals surface area contributed by atoms with Crippen LogP contribution in [0.3, 0.4) is 0 Å². The zero-order valence-electron chi connectivity index (χ0n) is 11.5. The molecule has 0 saturated heterocycles. The number of aryl methyl sites for hydroxylation is 2. The number of rotatable bonds is 7. The van der Waals surface area contributed by atoms with E-state index in [4.69, 9.17) is 0 Å². The van der Waals surface area contributed by atoms with Gasteiger partial charge in [-0.2, -0.15) is 10.2 Å². The lowest BCUT2D eigenvalue weighted by atomic mass is 10.3. The highest BCUT2D eigenvalue weighted by Crippen LogP contribution is 2.08. The molecule has 19 heavy (non-hydrogen) atoms. The summed E-state index contributed by atoms with van der Waals surface area (Å²) < 4.78 is 3.94. The van der Waals surface area contributed by atoms with E-state index < -0.39 is 0 Å². The predicted octanol–water partition coefficient (Wildman–Crippen LogP) is 2.93. The molecule has 5 nitrogen and oxygen atoms in total. The number of nitrogens with one attached hydrogen (secondary N) is 1. The molecule has 2 aromatic rings. The molecule has 0 aliphatic heterocycles. The van der Waals surface area contributed by atoms with E-state index in [1.807, 2.05) is 28.0 Å². The first-order chi connectivity index (χ1) is 8.81.